The fourth-order valence-corrected chi connectivity index (χ4v) is 1.39. The van der Waals surface area contributed by atoms with E-state index in [2.05, 4.69) is 13.2 Å². The quantitative estimate of drug-likeness (QED) is 0.660. The summed E-state index contributed by atoms with van der Waals surface area (Å²) in [4.78, 5) is 0. The van der Waals surface area contributed by atoms with E-state index in [1.54, 1.807) is 19.3 Å². The lowest BCUT2D eigenvalue weighted by atomic mass is 10.1. The summed E-state index contributed by atoms with van der Waals surface area (Å²) in [7, 11) is 1.66. The minimum atomic E-state index is 0.862. The summed E-state index contributed by atoms with van der Waals surface area (Å²) in [5.74, 6) is 0.862. The summed E-state index contributed by atoms with van der Waals surface area (Å²) in [5.41, 5.74) is 2.19. The maximum atomic E-state index is 5.12. The van der Waals surface area contributed by atoms with Crippen LogP contribution in [-0.4, -0.2) is 7.11 Å². The predicted octanol–water partition coefficient (Wildman–Crippen LogP) is 4.56. The fourth-order valence-electron chi connectivity index (χ4n) is 1.39. The molecule has 1 nitrogen and oxygen atoms in total. The van der Waals surface area contributed by atoms with Crippen LogP contribution in [-0.2, 0) is 0 Å². The Morgan fingerprint density at radius 1 is 1.06 bits per heavy atom. The second-order valence-electron chi connectivity index (χ2n) is 3.60. The Morgan fingerprint density at radius 2 is 1.78 bits per heavy atom. The Kier molecular flexibility index (Phi) is 6.05. The molecule has 1 aromatic carbocycles. The number of hydrogen-bond acceptors (Lipinski definition) is 1. The first kappa shape index (κ1) is 13.8. The highest BCUT2D eigenvalue weighted by Gasteiger charge is 1.90. The van der Waals surface area contributed by atoms with Gasteiger partial charge in [-0.2, -0.15) is 0 Å². The van der Waals surface area contributed by atoms with Crippen LogP contribution >= 0.6 is 0 Å². The summed E-state index contributed by atoms with van der Waals surface area (Å²) >= 11 is 0. The van der Waals surface area contributed by atoms with Crippen LogP contribution in [0.15, 0.2) is 79.5 Å². The first-order valence-electron chi connectivity index (χ1n) is 5.74. The Morgan fingerprint density at radius 3 is 2.33 bits per heavy atom. The molecule has 0 saturated carbocycles. The SMILES string of the molecule is C=C\C=C/C(/C=C/c1ccc(OC)cc1)=C\C=C. The van der Waals surface area contributed by atoms with E-state index in [0.29, 0.717) is 0 Å². The van der Waals surface area contributed by atoms with Gasteiger partial charge in [-0.15, -0.1) is 0 Å². The molecule has 0 aromatic heterocycles. The standard InChI is InChI=1S/C17H18O/c1-4-6-8-15(7-5-2)9-10-16-11-13-17(18-3)14-12-16/h4-14H,1-2H2,3H3/b8-6-,10-9+,15-7+. The van der Waals surface area contributed by atoms with Gasteiger partial charge in [0.25, 0.3) is 0 Å². The van der Waals surface area contributed by atoms with Crippen LogP contribution in [0.4, 0.5) is 0 Å². The molecule has 0 unspecified atom stereocenters. The van der Waals surface area contributed by atoms with E-state index < -0.39 is 0 Å². The van der Waals surface area contributed by atoms with Crippen molar-refractivity contribution in [2.24, 2.45) is 0 Å². The lowest BCUT2D eigenvalue weighted by Crippen LogP contribution is -1.81. The second kappa shape index (κ2) is 7.91. The van der Waals surface area contributed by atoms with Crippen molar-refractivity contribution in [2.45, 2.75) is 0 Å². The van der Waals surface area contributed by atoms with Gasteiger partial charge in [-0.05, 0) is 23.3 Å². The fraction of sp³-hybridized carbons (Fsp3) is 0.0588. The minimum Gasteiger partial charge on any atom is -0.497 e. The van der Waals surface area contributed by atoms with Gasteiger partial charge in [0.1, 0.15) is 5.75 Å². The molecule has 0 aliphatic rings. The molecular weight excluding hydrogens is 220 g/mol. The number of hydrogen-bond donors (Lipinski definition) is 0. The van der Waals surface area contributed by atoms with E-state index in [-0.39, 0.29) is 0 Å². The van der Waals surface area contributed by atoms with Crippen molar-refractivity contribution in [3.8, 4) is 5.75 Å². The van der Waals surface area contributed by atoms with Crippen molar-refractivity contribution in [1.82, 2.24) is 0 Å². The molecule has 0 heterocycles. The molecule has 0 radical (unpaired) electrons. The first-order chi connectivity index (χ1) is 8.80. The van der Waals surface area contributed by atoms with Crippen molar-refractivity contribution in [2.75, 3.05) is 7.11 Å². The Balaban J connectivity index is 2.81. The smallest absolute Gasteiger partial charge is 0.118 e. The zero-order chi connectivity index (χ0) is 13.2. The summed E-state index contributed by atoms with van der Waals surface area (Å²) in [6.45, 7) is 7.35. The van der Waals surface area contributed by atoms with E-state index in [0.717, 1.165) is 16.9 Å². The normalized spacial score (nSPS) is 11.9. The van der Waals surface area contributed by atoms with Gasteiger partial charge in [-0.3, -0.25) is 0 Å². The van der Waals surface area contributed by atoms with Gasteiger partial charge in [0, 0.05) is 0 Å². The lowest BCUT2D eigenvalue weighted by Gasteiger charge is -1.99. The summed E-state index contributed by atoms with van der Waals surface area (Å²) in [6.07, 6.45) is 13.4. The van der Waals surface area contributed by atoms with Crippen molar-refractivity contribution >= 4 is 6.08 Å². The third-order valence-electron chi connectivity index (χ3n) is 2.32. The zero-order valence-corrected chi connectivity index (χ0v) is 10.7. The average Bonchev–Trinajstić information content (AvgIpc) is 2.42. The van der Waals surface area contributed by atoms with Gasteiger partial charge in [0.15, 0.2) is 0 Å². The van der Waals surface area contributed by atoms with E-state index in [9.17, 15) is 0 Å². The molecule has 18 heavy (non-hydrogen) atoms. The van der Waals surface area contributed by atoms with Gasteiger partial charge in [-0.25, -0.2) is 0 Å². The number of allylic oxidation sites excluding steroid dienone is 7. The molecule has 0 N–H and O–H groups in total. The van der Waals surface area contributed by atoms with Crippen LogP contribution in [0.5, 0.6) is 5.75 Å². The van der Waals surface area contributed by atoms with Crippen LogP contribution in [0.2, 0.25) is 0 Å². The molecule has 0 spiro atoms. The number of benzene rings is 1. The highest BCUT2D eigenvalue weighted by Crippen LogP contribution is 2.13. The molecule has 0 bridgehead atoms. The first-order valence-corrected chi connectivity index (χ1v) is 5.74. The molecular formula is C17H18O. The van der Waals surface area contributed by atoms with Gasteiger partial charge < -0.3 is 4.74 Å². The van der Waals surface area contributed by atoms with Crippen LogP contribution in [0.3, 0.4) is 0 Å². The van der Waals surface area contributed by atoms with Crippen LogP contribution < -0.4 is 4.74 Å². The largest absolute Gasteiger partial charge is 0.497 e. The summed E-state index contributed by atoms with van der Waals surface area (Å²) in [5, 5.41) is 0. The van der Waals surface area contributed by atoms with E-state index in [1.807, 2.05) is 54.6 Å². The molecule has 0 aliphatic carbocycles. The zero-order valence-electron chi connectivity index (χ0n) is 10.7. The topological polar surface area (TPSA) is 9.23 Å². The molecule has 0 fully saturated rings. The summed E-state index contributed by atoms with van der Waals surface area (Å²) in [6, 6.07) is 7.91. The molecule has 1 heteroatoms. The molecule has 0 atom stereocenters. The lowest BCUT2D eigenvalue weighted by molar-refractivity contribution is 0.415. The predicted molar refractivity (Wildman–Crippen MR) is 79.6 cm³/mol. The summed E-state index contributed by atoms with van der Waals surface area (Å²) < 4.78 is 5.12. The minimum absolute atomic E-state index is 0.862. The highest BCUT2D eigenvalue weighted by molar-refractivity contribution is 5.56. The van der Waals surface area contributed by atoms with Crippen molar-refractivity contribution < 1.29 is 4.74 Å². The van der Waals surface area contributed by atoms with Crippen LogP contribution in [0, 0.1) is 0 Å². The van der Waals surface area contributed by atoms with Crippen molar-refractivity contribution in [1.29, 1.82) is 0 Å². The van der Waals surface area contributed by atoms with Crippen molar-refractivity contribution in [3.63, 3.8) is 0 Å². The van der Waals surface area contributed by atoms with Crippen LogP contribution in [0.1, 0.15) is 5.56 Å². The maximum absolute atomic E-state index is 5.12. The van der Waals surface area contributed by atoms with Crippen molar-refractivity contribution in [3.05, 3.63) is 85.0 Å². The maximum Gasteiger partial charge on any atom is 0.118 e. The number of rotatable bonds is 6. The second-order valence-corrected chi connectivity index (χ2v) is 3.60. The Labute approximate surface area is 109 Å². The molecule has 92 valence electrons. The molecule has 0 saturated heterocycles. The average molecular weight is 238 g/mol. The van der Waals surface area contributed by atoms with E-state index in [1.165, 1.54) is 0 Å². The molecule has 1 aromatic rings. The monoisotopic (exact) mass is 238 g/mol. The van der Waals surface area contributed by atoms with Gasteiger partial charge >= 0.3 is 0 Å². The molecule has 0 aliphatic heterocycles. The van der Waals surface area contributed by atoms with Gasteiger partial charge in [0.05, 0.1) is 7.11 Å². The molecule has 1 rings (SSSR count). The van der Waals surface area contributed by atoms with Crippen LogP contribution in [0.25, 0.3) is 6.08 Å². The van der Waals surface area contributed by atoms with Gasteiger partial charge in [-0.1, -0.05) is 67.8 Å². The third kappa shape index (κ3) is 4.71. The number of ether oxygens (including phenoxy) is 1. The highest BCUT2D eigenvalue weighted by atomic mass is 16.5. The Hall–Kier alpha value is -2.28. The van der Waals surface area contributed by atoms with E-state index >= 15 is 0 Å². The Bertz CT molecular complexity index is 473. The molecule has 0 amide bonds. The van der Waals surface area contributed by atoms with Gasteiger partial charge in [0.2, 0.25) is 0 Å². The van der Waals surface area contributed by atoms with E-state index in [4.69, 9.17) is 4.74 Å². The number of methoxy groups -OCH3 is 1. The third-order valence-corrected chi connectivity index (χ3v) is 2.32.